The number of rotatable bonds is 7. The Bertz CT molecular complexity index is 503. The molecule has 0 aliphatic carbocycles. The van der Waals surface area contributed by atoms with E-state index in [2.05, 4.69) is 10.0 Å². The van der Waals surface area contributed by atoms with Crippen molar-refractivity contribution < 1.29 is 12.8 Å². The summed E-state index contributed by atoms with van der Waals surface area (Å²) in [6.07, 6.45) is 0. The SMILES string of the molecule is CC(C)NCC(C)S(=O)(=O)NCc1ccccc1F. The van der Waals surface area contributed by atoms with Crippen molar-refractivity contribution in [1.29, 1.82) is 0 Å². The summed E-state index contributed by atoms with van der Waals surface area (Å²) in [5.41, 5.74) is 0.343. The smallest absolute Gasteiger partial charge is 0.215 e. The third-order valence-electron chi connectivity index (χ3n) is 2.76. The molecule has 19 heavy (non-hydrogen) atoms. The number of hydrogen-bond donors (Lipinski definition) is 2. The third-order valence-corrected chi connectivity index (χ3v) is 4.54. The van der Waals surface area contributed by atoms with Gasteiger partial charge in [-0.25, -0.2) is 17.5 Å². The van der Waals surface area contributed by atoms with Gasteiger partial charge >= 0.3 is 0 Å². The molecule has 1 aromatic rings. The zero-order valence-electron chi connectivity index (χ0n) is 11.5. The highest BCUT2D eigenvalue weighted by Gasteiger charge is 2.20. The summed E-state index contributed by atoms with van der Waals surface area (Å²) in [4.78, 5) is 0. The highest BCUT2D eigenvalue weighted by Crippen LogP contribution is 2.07. The second-order valence-corrected chi connectivity index (χ2v) is 7.01. The second kappa shape index (κ2) is 6.98. The number of sulfonamides is 1. The van der Waals surface area contributed by atoms with Gasteiger partial charge in [-0.05, 0) is 13.0 Å². The first-order valence-electron chi connectivity index (χ1n) is 6.28. The summed E-state index contributed by atoms with van der Waals surface area (Å²) in [5, 5.41) is 2.50. The number of hydrogen-bond acceptors (Lipinski definition) is 3. The highest BCUT2D eigenvalue weighted by atomic mass is 32.2. The minimum Gasteiger partial charge on any atom is -0.313 e. The molecule has 0 heterocycles. The zero-order chi connectivity index (χ0) is 14.5. The lowest BCUT2D eigenvalue weighted by Crippen LogP contribution is -2.40. The van der Waals surface area contributed by atoms with Crippen LogP contribution in [0.3, 0.4) is 0 Å². The first-order chi connectivity index (χ1) is 8.83. The van der Waals surface area contributed by atoms with Crippen LogP contribution < -0.4 is 10.0 Å². The first-order valence-corrected chi connectivity index (χ1v) is 7.83. The summed E-state index contributed by atoms with van der Waals surface area (Å²) in [7, 11) is -3.45. The van der Waals surface area contributed by atoms with E-state index < -0.39 is 21.1 Å². The van der Waals surface area contributed by atoms with Crippen LogP contribution in [0.25, 0.3) is 0 Å². The van der Waals surface area contributed by atoms with Crippen LogP contribution in [0, 0.1) is 5.82 Å². The van der Waals surface area contributed by atoms with E-state index >= 15 is 0 Å². The lowest BCUT2D eigenvalue weighted by molar-refractivity contribution is 0.538. The van der Waals surface area contributed by atoms with Gasteiger partial charge in [0.25, 0.3) is 0 Å². The molecular weight excluding hydrogens is 267 g/mol. The quantitative estimate of drug-likeness (QED) is 0.802. The molecular formula is C13H21FN2O2S. The van der Waals surface area contributed by atoms with Gasteiger partial charge in [-0.1, -0.05) is 32.0 Å². The number of benzene rings is 1. The van der Waals surface area contributed by atoms with Crippen molar-refractivity contribution in [2.24, 2.45) is 0 Å². The fraction of sp³-hybridized carbons (Fsp3) is 0.538. The largest absolute Gasteiger partial charge is 0.313 e. The molecule has 0 saturated heterocycles. The van der Waals surface area contributed by atoms with E-state index in [-0.39, 0.29) is 12.6 Å². The maximum atomic E-state index is 13.4. The summed E-state index contributed by atoms with van der Waals surface area (Å²) >= 11 is 0. The van der Waals surface area contributed by atoms with Gasteiger partial charge in [0.05, 0.1) is 5.25 Å². The minimum absolute atomic E-state index is 0.0268. The summed E-state index contributed by atoms with van der Waals surface area (Å²) in [6.45, 7) is 5.86. The van der Waals surface area contributed by atoms with Crippen molar-refractivity contribution in [2.45, 2.75) is 38.6 Å². The second-order valence-electron chi connectivity index (χ2n) is 4.83. The van der Waals surface area contributed by atoms with E-state index in [1.54, 1.807) is 25.1 Å². The van der Waals surface area contributed by atoms with E-state index in [0.717, 1.165) is 0 Å². The summed E-state index contributed by atoms with van der Waals surface area (Å²) in [6, 6.07) is 6.35. The minimum atomic E-state index is -3.45. The number of nitrogens with one attached hydrogen (secondary N) is 2. The molecule has 1 unspecified atom stereocenters. The Labute approximate surface area is 114 Å². The summed E-state index contributed by atoms with van der Waals surface area (Å²) < 4.78 is 39.7. The van der Waals surface area contributed by atoms with Gasteiger partial charge in [0.15, 0.2) is 0 Å². The molecule has 0 aliphatic rings. The van der Waals surface area contributed by atoms with Crippen LogP contribution in [0.4, 0.5) is 4.39 Å². The molecule has 1 atom stereocenters. The Kier molecular flexibility index (Phi) is 5.90. The third kappa shape index (κ3) is 5.26. The topological polar surface area (TPSA) is 58.2 Å². The van der Waals surface area contributed by atoms with Gasteiger partial charge in [0, 0.05) is 24.7 Å². The predicted molar refractivity (Wildman–Crippen MR) is 74.8 cm³/mol. The van der Waals surface area contributed by atoms with Gasteiger partial charge in [-0.2, -0.15) is 0 Å². The highest BCUT2D eigenvalue weighted by molar-refractivity contribution is 7.90. The van der Waals surface area contributed by atoms with E-state index in [1.807, 2.05) is 13.8 Å². The molecule has 2 N–H and O–H groups in total. The fourth-order valence-corrected chi connectivity index (χ4v) is 2.43. The molecule has 1 aromatic carbocycles. The zero-order valence-corrected chi connectivity index (χ0v) is 12.3. The standard InChI is InChI=1S/C13H21FN2O2S/c1-10(2)15-8-11(3)19(17,18)16-9-12-6-4-5-7-13(12)14/h4-7,10-11,15-16H,8-9H2,1-3H3. The fourth-order valence-electron chi connectivity index (χ4n) is 1.47. The van der Waals surface area contributed by atoms with Gasteiger partial charge < -0.3 is 5.32 Å². The average molecular weight is 288 g/mol. The van der Waals surface area contributed by atoms with Crippen molar-refractivity contribution in [3.63, 3.8) is 0 Å². The molecule has 108 valence electrons. The molecule has 1 rings (SSSR count). The molecule has 0 amide bonds. The average Bonchev–Trinajstić information content (AvgIpc) is 2.34. The Morgan fingerprint density at radius 2 is 1.84 bits per heavy atom. The van der Waals surface area contributed by atoms with Gasteiger partial charge in [-0.15, -0.1) is 0 Å². The molecule has 4 nitrogen and oxygen atoms in total. The molecule has 0 saturated carbocycles. The first kappa shape index (κ1) is 16.1. The maximum absolute atomic E-state index is 13.4. The van der Waals surface area contributed by atoms with Crippen LogP contribution in [0.1, 0.15) is 26.3 Å². The van der Waals surface area contributed by atoms with Gasteiger partial charge in [0.2, 0.25) is 10.0 Å². The van der Waals surface area contributed by atoms with Crippen molar-refractivity contribution >= 4 is 10.0 Å². The summed E-state index contributed by atoms with van der Waals surface area (Å²) in [5.74, 6) is -0.404. The van der Waals surface area contributed by atoms with Crippen molar-refractivity contribution in [3.05, 3.63) is 35.6 Å². The van der Waals surface area contributed by atoms with Crippen molar-refractivity contribution in [2.75, 3.05) is 6.54 Å². The molecule has 0 aromatic heterocycles. The molecule has 0 radical (unpaired) electrons. The Hall–Kier alpha value is -0.980. The predicted octanol–water partition coefficient (Wildman–Crippen LogP) is 1.63. The van der Waals surface area contributed by atoms with E-state index in [9.17, 15) is 12.8 Å². The van der Waals surface area contributed by atoms with Gasteiger partial charge in [0.1, 0.15) is 5.82 Å². The molecule has 0 aliphatic heterocycles. The number of halogens is 1. The van der Waals surface area contributed by atoms with E-state index in [1.165, 1.54) is 6.07 Å². The van der Waals surface area contributed by atoms with E-state index in [4.69, 9.17) is 0 Å². The Balaban J connectivity index is 2.58. The molecule has 0 fully saturated rings. The van der Waals surface area contributed by atoms with Crippen LogP contribution in [-0.4, -0.2) is 26.3 Å². The lowest BCUT2D eigenvalue weighted by Gasteiger charge is -2.16. The van der Waals surface area contributed by atoms with Gasteiger partial charge in [-0.3, -0.25) is 0 Å². The Morgan fingerprint density at radius 3 is 2.42 bits per heavy atom. The lowest BCUT2D eigenvalue weighted by atomic mass is 10.2. The van der Waals surface area contributed by atoms with Crippen LogP contribution in [0.2, 0.25) is 0 Å². The van der Waals surface area contributed by atoms with Crippen LogP contribution in [0.5, 0.6) is 0 Å². The van der Waals surface area contributed by atoms with E-state index in [0.29, 0.717) is 12.1 Å². The van der Waals surface area contributed by atoms with Crippen LogP contribution in [0.15, 0.2) is 24.3 Å². The maximum Gasteiger partial charge on any atom is 0.215 e. The monoisotopic (exact) mass is 288 g/mol. The normalized spacial score (nSPS) is 13.7. The van der Waals surface area contributed by atoms with Crippen molar-refractivity contribution in [3.8, 4) is 0 Å². The molecule has 0 bridgehead atoms. The van der Waals surface area contributed by atoms with Crippen LogP contribution in [-0.2, 0) is 16.6 Å². The van der Waals surface area contributed by atoms with Crippen molar-refractivity contribution in [1.82, 2.24) is 10.0 Å². The molecule has 0 spiro atoms. The molecule has 6 heteroatoms. The Morgan fingerprint density at radius 1 is 1.21 bits per heavy atom. The van der Waals surface area contributed by atoms with Crippen LogP contribution >= 0.6 is 0 Å².